The SMILES string of the molecule is CCCCCCCCOc1c2cc(C[N+](C)(C)C)cc1Cc1cc(C[N+](C)(C)C)cc(c1OCCCCCCCC)Cc1cc(C[N+](C)(C)C)cc(c1OCCCCCCCC)Cc1cc(C[N+](C)(C)C)cc(c1OCCCCCCCC)C2. The standard InChI is InChI=1S/C76H128N4O4/c1-17-21-25-29-33-37-41-81-73-65-45-61(57-77(5,6)7)46-66(73)54-68-48-63(59-79(11,12)13)50-70(75(68)83-43-39-35-31-27-23-19-3)56-72-52-64(60-80(14,15)16)51-71(76(72)84-44-40-36-32-28-24-20-4)55-69-49-62(58-78(8,9)10)47-67(53-65)74(69)82-42-38-34-30-26-22-18-2/h45-52H,17-44,53-60H2,1-16H3/q+4. The summed E-state index contributed by atoms with van der Waals surface area (Å²) in [5.41, 5.74) is 15.5. The number of hydrogen-bond donors (Lipinski definition) is 0. The molecule has 0 N–H and O–H groups in total. The molecule has 0 aromatic heterocycles. The van der Waals surface area contributed by atoms with Gasteiger partial charge in [0.05, 0.1) is 111 Å². The highest BCUT2D eigenvalue weighted by molar-refractivity contribution is 5.58. The van der Waals surface area contributed by atoms with Crippen LogP contribution in [0.5, 0.6) is 23.0 Å². The summed E-state index contributed by atoms with van der Waals surface area (Å²) in [6.45, 7) is 15.7. The van der Waals surface area contributed by atoms with E-state index in [2.05, 4.69) is 161 Å². The summed E-state index contributed by atoms with van der Waals surface area (Å²) in [4.78, 5) is 0. The monoisotopic (exact) mass is 1160 g/mol. The third kappa shape index (κ3) is 26.5. The van der Waals surface area contributed by atoms with Gasteiger partial charge in [0.1, 0.15) is 49.2 Å². The van der Waals surface area contributed by atoms with Crippen molar-refractivity contribution in [3.63, 3.8) is 0 Å². The van der Waals surface area contributed by atoms with Crippen LogP contribution in [0.3, 0.4) is 0 Å². The minimum atomic E-state index is 0.703. The molecule has 0 aliphatic heterocycles. The molecule has 0 radical (unpaired) electrons. The van der Waals surface area contributed by atoms with Crippen molar-refractivity contribution >= 4 is 0 Å². The molecule has 8 nitrogen and oxygen atoms in total. The van der Waals surface area contributed by atoms with Crippen LogP contribution in [0.2, 0.25) is 0 Å². The summed E-state index contributed by atoms with van der Waals surface area (Å²) in [6.07, 6.45) is 32.2. The fraction of sp³-hybridized carbons (Fsp3) is 0.684. The Morgan fingerprint density at radius 2 is 0.393 bits per heavy atom. The van der Waals surface area contributed by atoms with E-state index in [9.17, 15) is 0 Å². The number of quaternary nitrogens is 4. The first-order valence-electron chi connectivity index (χ1n) is 34.3. The molecule has 0 spiro atoms. The average molecular weight is 1160 g/mol. The highest BCUT2D eigenvalue weighted by Gasteiger charge is 2.28. The van der Waals surface area contributed by atoms with E-state index in [0.717, 1.165) is 118 Å². The minimum absolute atomic E-state index is 0.703. The van der Waals surface area contributed by atoms with Crippen molar-refractivity contribution in [2.24, 2.45) is 0 Å². The summed E-state index contributed by atoms with van der Waals surface area (Å²) >= 11 is 0. The summed E-state index contributed by atoms with van der Waals surface area (Å²) in [6, 6.07) is 20.1. The Morgan fingerprint density at radius 1 is 0.238 bits per heavy atom. The molecule has 4 aromatic rings. The van der Waals surface area contributed by atoms with E-state index in [1.54, 1.807) is 0 Å². The third-order valence-electron chi connectivity index (χ3n) is 16.3. The molecule has 4 aromatic carbocycles. The van der Waals surface area contributed by atoms with Gasteiger partial charge >= 0.3 is 0 Å². The minimum Gasteiger partial charge on any atom is -0.493 e. The molecular formula is C76H128N4O4+4. The van der Waals surface area contributed by atoms with E-state index in [0.29, 0.717) is 26.4 Å². The van der Waals surface area contributed by atoms with Crippen molar-refractivity contribution in [1.29, 1.82) is 0 Å². The van der Waals surface area contributed by atoms with Crippen LogP contribution in [0.1, 0.15) is 249 Å². The Morgan fingerprint density at radius 3 is 0.548 bits per heavy atom. The van der Waals surface area contributed by atoms with Gasteiger partial charge in [-0.1, -0.05) is 156 Å². The lowest BCUT2D eigenvalue weighted by molar-refractivity contribution is -0.884. The van der Waals surface area contributed by atoms with Gasteiger partial charge in [0.25, 0.3) is 0 Å². The average Bonchev–Trinajstić information content (AvgIpc) is 1.97. The molecule has 84 heavy (non-hydrogen) atoms. The number of ether oxygens (including phenoxy) is 4. The lowest BCUT2D eigenvalue weighted by atomic mass is 9.88. The number of hydrogen-bond acceptors (Lipinski definition) is 4. The Kier molecular flexibility index (Phi) is 30.0. The largest absolute Gasteiger partial charge is 0.493 e. The van der Waals surface area contributed by atoms with E-state index in [4.69, 9.17) is 18.9 Å². The fourth-order valence-corrected chi connectivity index (χ4v) is 12.7. The molecule has 0 saturated heterocycles. The summed E-state index contributed by atoms with van der Waals surface area (Å²) < 4.78 is 33.0. The predicted octanol–water partition coefficient (Wildman–Crippen LogP) is 18.1. The zero-order valence-electron chi connectivity index (χ0n) is 57.5. The van der Waals surface area contributed by atoms with Crippen LogP contribution in [0.25, 0.3) is 0 Å². The van der Waals surface area contributed by atoms with Crippen LogP contribution in [0.15, 0.2) is 48.5 Å². The number of rotatable bonds is 40. The number of nitrogens with zero attached hydrogens (tertiary/aromatic N) is 4. The normalized spacial score (nSPS) is 13.1. The molecule has 0 fully saturated rings. The Bertz CT molecular complexity index is 2090. The van der Waals surface area contributed by atoms with Gasteiger partial charge in [-0.15, -0.1) is 0 Å². The fourth-order valence-electron chi connectivity index (χ4n) is 12.7. The lowest BCUT2D eigenvalue weighted by Crippen LogP contribution is -2.33. The van der Waals surface area contributed by atoms with Gasteiger partial charge in [0, 0.05) is 47.9 Å². The third-order valence-corrected chi connectivity index (χ3v) is 16.3. The van der Waals surface area contributed by atoms with E-state index in [-0.39, 0.29) is 0 Å². The van der Waals surface area contributed by atoms with Crippen LogP contribution >= 0.6 is 0 Å². The zero-order chi connectivity index (χ0) is 61.2. The van der Waals surface area contributed by atoms with Crippen LogP contribution in [-0.2, 0) is 51.9 Å². The molecule has 0 saturated carbocycles. The topological polar surface area (TPSA) is 36.9 Å². The van der Waals surface area contributed by atoms with Crippen LogP contribution in [0.4, 0.5) is 0 Å². The van der Waals surface area contributed by atoms with Gasteiger partial charge in [-0.2, -0.15) is 0 Å². The van der Waals surface area contributed by atoms with Gasteiger partial charge in [-0.3, -0.25) is 0 Å². The Labute approximate surface area is 517 Å². The zero-order valence-corrected chi connectivity index (χ0v) is 57.5. The first-order valence-corrected chi connectivity index (χ1v) is 34.3. The van der Waals surface area contributed by atoms with E-state index in [1.807, 2.05) is 0 Å². The highest BCUT2D eigenvalue weighted by Crippen LogP contribution is 2.42. The first-order chi connectivity index (χ1) is 40.0. The highest BCUT2D eigenvalue weighted by atomic mass is 16.5. The number of unbranched alkanes of at least 4 members (excludes halogenated alkanes) is 20. The van der Waals surface area contributed by atoms with Gasteiger partial charge in [0.15, 0.2) is 0 Å². The molecule has 8 bridgehead atoms. The maximum absolute atomic E-state index is 7.41. The first kappa shape index (κ1) is 70.7. The van der Waals surface area contributed by atoms with Crippen molar-refractivity contribution in [2.45, 2.75) is 234 Å². The smallest absolute Gasteiger partial charge is 0.126 e. The second-order valence-electron chi connectivity index (χ2n) is 29.9. The molecule has 0 heterocycles. The van der Waals surface area contributed by atoms with E-state index < -0.39 is 0 Å². The van der Waals surface area contributed by atoms with Crippen LogP contribution in [0, 0.1) is 0 Å². The lowest BCUT2D eigenvalue weighted by Gasteiger charge is -2.29. The maximum Gasteiger partial charge on any atom is 0.126 e. The quantitative estimate of drug-likeness (QED) is 0.0289. The summed E-state index contributed by atoms with van der Waals surface area (Å²) in [7, 11) is 28.0. The number of fused-ring (bicyclic) bond motifs is 8. The molecule has 472 valence electrons. The predicted molar refractivity (Wildman–Crippen MR) is 359 cm³/mol. The molecule has 0 unspecified atom stereocenters. The van der Waals surface area contributed by atoms with Crippen LogP contribution < -0.4 is 18.9 Å². The summed E-state index contributed by atoms with van der Waals surface area (Å²) in [5.74, 6) is 4.23. The van der Waals surface area contributed by atoms with Crippen molar-refractivity contribution in [3.05, 3.63) is 115 Å². The molecule has 0 atom stereocenters. The Hall–Kier alpha value is -4.08. The van der Waals surface area contributed by atoms with E-state index in [1.165, 1.54) is 195 Å². The van der Waals surface area contributed by atoms with Crippen molar-refractivity contribution < 1.29 is 36.9 Å². The van der Waals surface area contributed by atoms with Crippen molar-refractivity contribution in [2.75, 3.05) is 111 Å². The maximum atomic E-state index is 7.41. The van der Waals surface area contributed by atoms with Gasteiger partial charge in [-0.25, -0.2) is 0 Å². The summed E-state index contributed by atoms with van der Waals surface area (Å²) in [5, 5.41) is 0. The van der Waals surface area contributed by atoms with Gasteiger partial charge < -0.3 is 36.9 Å². The molecule has 1 aliphatic carbocycles. The van der Waals surface area contributed by atoms with Crippen molar-refractivity contribution in [3.8, 4) is 23.0 Å². The molecule has 5 rings (SSSR count). The molecule has 0 amide bonds. The molecule has 1 aliphatic rings. The van der Waals surface area contributed by atoms with Gasteiger partial charge in [-0.05, 0) is 119 Å². The van der Waals surface area contributed by atoms with E-state index >= 15 is 0 Å². The molecule has 8 heteroatoms. The van der Waals surface area contributed by atoms with Gasteiger partial charge in [0.2, 0.25) is 0 Å². The van der Waals surface area contributed by atoms with Crippen molar-refractivity contribution in [1.82, 2.24) is 0 Å². The Balaban J connectivity index is 1.91. The second-order valence-corrected chi connectivity index (χ2v) is 29.9. The van der Waals surface area contributed by atoms with Crippen LogP contribution in [-0.4, -0.2) is 129 Å². The second kappa shape index (κ2) is 35.7. The molecular weight excluding hydrogens is 1030 g/mol. The number of benzene rings is 4.